The van der Waals surface area contributed by atoms with Gasteiger partial charge in [0.05, 0.1) is 17.3 Å². The number of aliphatic hydroxyl groups is 1. The molecule has 0 aromatic carbocycles. The van der Waals surface area contributed by atoms with Crippen LogP contribution in [0.4, 0.5) is 0 Å². The third-order valence-electron chi connectivity index (χ3n) is 3.43. The first-order valence-electron chi connectivity index (χ1n) is 6.89. The highest BCUT2D eigenvalue weighted by Crippen LogP contribution is 2.20. The molecule has 3 heteroatoms. The van der Waals surface area contributed by atoms with Crippen molar-refractivity contribution in [3.05, 3.63) is 30.6 Å². The lowest BCUT2D eigenvalue weighted by molar-refractivity contribution is 0.0511. The van der Waals surface area contributed by atoms with Crippen molar-refractivity contribution in [3.8, 4) is 0 Å². The van der Waals surface area contributed by atoms with Gasteiger partial charge in [0, 0.05) is 12.6 Å². The molecule has 1 atom stereocenters. The molecule has 1 rings (SSSR count). The summed E-state index contributed by atoms with van der Waals surface area (Å²) in [6.45, 7) is 9.91. The molecule has 1 heterocycles. The number of aromatic nitrogens is 2. The molecule has 1 unspecified atom stereocenters. The lowest BCUT2D eigenvalue weighted by Crippen LogP contribution is -2.27. The Bertz CT molecular complexity index is 364. The van der Waals surface area contributed by atoms with Crippen molar-refractivity contribution in [1.82, 2.24) is 9.78 Å². The molecule has 0 fully saturated rings. The van der Waals surface area contributed by atoms with E-state index in [2.05, 4.69) is 25.5 Å². The van der Waals surface area contributed by atoms with Gasteiger partial charge in [-0.05, 0) is 38.7 Å². The van der Waals surface area contributed by atoms with E-state index in [1.54, 1.807) is 0 Å². The maximum absolute atomic E-state index is 10.3. The minimum absolute atomic E-state index is 0.469. The fraction of sp³-hybridized carbons (Fsp3) is 0.667. The van der Waals surface area contributed by atoms with Crippen LogP contribution in [0.3, 0.4) is 0 Å². The SMILES string of the molecule is C=CCCC(C)(O)Cc1ccn(C(CC)CC)n1. The standard InChI is InChI=1S/C15H26N2O/c1-5-8-10-15(4,18)12-13-9-11-17(16-13)14(6-2)7-3/h5,9,11,14,18H,1,6-8,10,12H2,2-4H3. The van der Waals surface area contributed by atoms with Gasteiger partial charge in [-0.25, -0.2) is 0 Å². The molecule has 0 aliphatic heterocycles. The van der Waals surface area contributed by atoms with Crippen molar-refractivity contribution < 1.29 is 5.11 Å². The van der Waals surface area contributed by atoms with Gasteiger partial charge in [-0.15, -0.1) is 6.58 Å². The summed E-state index contributed by atoms with van der Waals surface area (Å²) in [6, 6.07) is 2.48. The van der Waals surface area contributed by atoms with Crippen LogP contribution in [0, 0.1) is 0 Å². The number of allylic oxidation sites excluding steroid dienone is 1. The van der Waals surface area contributed by atoms with E-state index < -0.39 is 5.60 Å². The van der Waals surface area contributed by atoms with Crippen LogP contribution in [-0.4, -0.2) is 20.5 Å². The Morgan fingerprint density at radius 3 is 2.72 bits per heavy atom. The average Bonchev–Trinajstić information content (AvgIpc) is 2.76. The van der Waals surface area contributed by atoms with E-state index in [9.17, 15) is 5.11 Å². The molecule has 0 bridgehead atoms. The second-order valence-corrected chi connectivity index (χ2v) is 5.26. The van der Waals surface area contributed by atoms with E-state index >= 15 is 0 Å². The van der Waals surface area contributed by atoms with Gasteiger partial charge in [-0.1, -0.05) is 19.9 Å². The van der Waals surface area contributed by atoms with Gasteiger partial charge < -0.3 is 5.11 Å². The highest BCUT2D eigenvalue weighted by atomic mass is 16.3. The molecule has 0 spiro atoms. The molecule has 0 saturated heterocycles. The molecule has 1 N–H and O–H groups in total. The van der Waals surface area contributed by atoms with Crippen molar-refractivity contribution in [3.63, 3.8) is 0 Å². The maximum Gasteiger partial charge on any atom is 0.0678 e. The molecule has 0 saturated carbocycles. The number of hydrogen-bond donors (Lipinski definition) is 1. The van der Waals surface area contributed by atoms with E-state index in [0.717, 1.165) is 31.4 Å². The Labute approximate surface area is 111 Å². The minimum Gasteiger partial charge on any atom is -0.390 e. The first-order chi connectivity index (χ1) is 8.52. The second kappa shape index (κ2) is 6.74. The molecular formula is C15H26N2O. The Balaban J connectivity index is 2.65. The summed E-state index contributed by atoms with van der Waals surface area (Å²) in [5.74, 6) is 0. The third-order valence-corrected chi connectivity index (χ3v) is 3.43. The van der Waals surface area contributed by atoms with E-state index in [0.29, 0.717) is 12.5 Å². The zero-order valence-corrected chi connectivity index (χ0v) is 11.9. The van der Waals surface area contributed by atoms with E-state index in [1.807, 2.05) is 29.9 Å². The zero-order valence-electron chi connectivity index (χ0n) is 11.9. The van der Waals surface area contributed by atoms with Crippen LogP contribution in [0.1, 0.15) is 58.2 Å². The molecule has 0 amide bonds. The first kappa shape index (κ1) is 15.0. The lowest BCUT2D eigenvalue weighted by Gasteiger charge is -2.21. The van der Waals surface area contributed by atoms with Crippen LogP contribution < -0.4 is 0 Å². The van der Waals surface area contributed by atoms with Gasteiger partial charge >= 0.3 is 0 Å². The molecular weight excluding hydrogens is 224 g/mol. The maximum atomic E-state index is 10.3. The normalized spacial score (nSPS) is 14.7. The molecule has 3 nitrogen and oxygen atoms in total. The summed E-state index contributed by atoms with van der Waals surface area (Å²) in [5.41, 5.74) is 0.275. The first-order valence-corrected chi connectivity index (χ1v) is 6.89. The number of nitrogens with zero attached hydrogens (tertiary/aromatic N) is 2. The molecule has 102 valence electrons. The van der Waals surface area contributed by atoms with Gasteiger partial charge in [-0.3, -0.25) is 4.68 Å². The van der Waals surface area contributed by atoms with Crippen molar-refractivity contribution in [2.75, 3.05) is 0 Å². The van der Waals surface area contributed by atoms with Crippen LogP contribution in [0.5, 0.6) is 0 Å². The largest absolute Gasteiger partial charge is 0.390 e. The molecule has 1 aromatic heterocycles. The Morgan fingerprint density at radius 1 is 1.50 bits per heavy atom. The summed E-state index contributed by atoms with van der Waals surface area (Å²) in [7, 11) is 0. The van der Waals surface area contributed by atoms with Gasteiger partial charge in [0.25, 0.3) is 0 Å². The topological polar surface area (TPSA) is 38.0 Å². The highest BCUT2D eigenvalue weighted by Gasteiger charge is 2.21. The molecule has 0 aliphatic carbocycles. The van der Waals surface area contributed by atoms with Crippen molar-refractivity contribution >= 4 is 0 Å². The Morgan fingerprint density at radius 2 is 2.17 bits per heavy atom. The van der Waals surface area contributed by atoms with Crippen molar-refractivity contribution in [2.45, 2.75) is 64.5 Å². The lowest BCUT2D eigenvalue weighted by atomic mass is 9.94. The summed E-state index contributed by atoms with van der Waals surface area (Å²) in [6.07, 6.45) is 8.21. The minimum atomic E-state index is -0.693. The Hall–Kier alpha value is -1.09. The summed E-state index contributed by atoms with van der Waals surface area (Å²) in [5, 5.41) is 14.8. The molecule has 18 heavy (non-hydrogen) atoms. The van der Waals surface area contributed by atoms with Crippen molar-refractivity contribution in [2.24, 2.45) is 0 Å². The summed E-state index contributed by atoms with van der Waals surface area (Å²) >= 11 is 0. The van der Waals surface area contributed by atoms with Gasteiger partial charge in [0.15, 0.2) is 0 Å². The van der Waals surface area contributed by atoms with Crippen LogP contribution in [-0.2, 0) is 6.42 Å². The van der Waals surface area contributed by atoms with E-state index in [-0.39, 0.29) is 0 Å². The van der Waals surface area contributed by atoms with Crippen LogP contribution in [0.25, 0.3) is 0 Å². The van der Waals surface area contributed by atoms with Crippen molar-refractivity contribution in [1.29, 1.82) is 0 Å². The van der Waals surface area contributed by atoms with E-state index in [4.69, 9.17) is 0 Å². The van der Waals surface area contributed by atoms with E-state index in [1.165, 1.54) is 0 Å². The molecule has 1 aromatic rings. The van der Waals surface area contributed by atoms with Gasteiger partial charge in [0.1, 0.15) is 0 Å². The second-order valence-electron chi connectivity index (χ2n) is 5.26. The molecule has 0 radical (unpaired) electrons. The molecule has 0 aliphatic rings. The van der Waals surface area contributed by atoms with Crippen LogP contribution in [0.2, 0.25) is 0 Å². The fourth-order valence-corrected chi connectivity index (χ4v) is 2.23. The Kier molecular flexibility index (Phi) is 5.60. The highest BCUT2D eigenvalue weighted by molar-refractivity contribution is 5.04. The van der Waals surface area contributed by atoms with Gasteiger partial charge in [-0.2, -0.15) is 5.10 Å². The summed E-state index contributed by atoms with van der Waals surface area (Å²) < 4.78 is 2.03. The quantitative estimate of drug-likeness (QED) is 0.717. The van der Waals surface area contributed by atoms with Crippen LogP contribution in [0.15, 0.2) is 24.9 Å². The van der Waals surface area contributed by atoms with Gasteiger partial charge in [0.2, 0.25) is 0 Å². The fourth-order valence-electron chi connectivity index (χ4n) is 2.23. The number of hydrogen-bond acceptors (Lipinski definition) is 2. The average molecular weight is 250 g/mol. The number of rotatable bonds is 8. The third kappa shape index (κ3) is 4.30. The predicted octanol–water partition coefficient (Wildman–Crippen LogP) is 3.50. The predicted molar refractivity (Wildman–Crippen MR) is 75.6 cm³/mol. The monoisotopic (exact) mass is 250 g/mol. The van der Waals surface area contributed by atoms with Crippen LogP contribution >= 0.6 is 0 Å². The smallest absolute Gasteiger partial charge is 0.0678 e. The zero-order chi connectivity index (χ0) is 13.6. The summed E-state index contributed by atoms with van der Waals surface area (Å²) in [4.78, 5) is 0.